The number of para-hydroxylation sites is 1. The summed E-state index contributed by atoms with van der Waals surface area (Å²) in [5.74, 6) is 1.70. The van der Waals surface area contributed by atoms with Crippen LogP contribution >= 0.6 is 34.7 Å². The molecule has 3 rings (SSSR count). The van der Waals surface area contributed by atoms with Gasteiger partial charge in [0.15, 0.2) is 16.8 Å². The summed E-state index contributed by atoms with van der Waals surface area (Å²) in [5, 5.41) is 9.50. The number of benzene rings is 1. The highest BCUT2D eigenvalue weighted by atomic mass is 35.5. The SMILES string of the molecule is Cc1ccc(C(=O)CSc2nnc(COc3ccccc3Cl)n2C)s1. The standard InChI is InChI=1S/C17H16ClN3O2S2/c1-11-7-8-15(25-11)13(22)10-24-17-20-19-16(21(17)2)9-23-14-6-4-3-5-12(14)18/h3-8H,9-10H2,1-2H3. The number of Topliss-reactive ketones (excluding diaryl/α,β-unsaturated/α-hetero) is 1. The van der Waals surface area contributed by atoms with Crippen LogP contribution in [0.2, 0.25) is 5.02 Å². The number of aryl methyl sites for hydroxylation is 1. The van der Waals surface area contributed by atoms with Crippen molar-refractivity contribution in [1.29, 1.82) is 0 Å². The minimum Gasteiger partial charge on any atom is -0.484 e. The van der Waals surface area contributed by atoms with Crippen molar-refractivity contribution < 1.29 is 9.53 Å². The maximum Gasteiger partial charge on any atom is 0.191 e. The minimum absolute atomic E-state index is 0.0972. The molecule has 5 nitrogen and oxygen atoms in total. The van der Waals surface area contributed by atoms with Crippen LogP contribution in [0.1, 0.15) is 20.4 Å². The Kier molecular flexibility index (Phi) is 5.78. The van der Waals surface area contributed by atoms with E-state index in [0.717, 1.165) is 9.75 Å². The highest BCUT2D eigenvalue weighted by Crippen LogP contribution is 2.25. The summed E-state index contributed by atoms with van der Waals surface area (Å²) < 4.78 is 7.51. The van der Waals surface area contributed by atoms with Crippen LogP contribution in [-0.4, -0.2) is 26.3 Å². The summed E-state index contributed by atoms with van der Waals surface area (Å²) in [5.41, 5.74) is 0. The molecule has 0 radical (unpaired) electrons. The van der Waals surface area contributed by atoms with E-state index in [1.807, 2.05) is 42.8 Å². The molecule has 0 aliphatic heterocycles. The number of thioether (sulfide) groups is 1. The maximum atomic E-state index is 12.2. The average molecular weight is 394 g/mol. The number of thiophene rings is 1. The number of rotatable bonds is 7. The number of hydrogen-bond acceptors (Lipinski definition) is 6. The zero-order valence-electron chi connectivity index (χ0n) is 13.7. The van der Waals surface area contributed by atoms with Crippen LogP contribution in [0.5, 0.6) is 5.75 Å². The molecule has 8 heteroatoms. The van der Waals surface area contributed by atoms with Gasteiger partial charge in [-0.25, -0.2) is 0 Å². The van der Waals surface area contributed by atoms with Crippen molar-refractivity contribution in [2.45, 2.75) is 18.7 Å². The third-order valence-electron chi connectivity index (χ3n) is 3.47. The normalized spacial score (nSPS) is 10.8. The van der Waals surface area contributed by atoms with Gasteiger partial charge < -0.3 is 9.30 Å². The number of ether oxygens (including phenoxy) is 1. The van der Waals surface area contributed by atoms with E-state index in [-0.39, 0.29) is 12.4 Å². The third-order valence-corrected chi connectivity index (χ3v) is 5.84. The topological polar surface area (TPSA) is 57.0 Å². The number of ketones is 1. The molecule has 0 unspecified atom stereocenters. The zero-order chi connectivity index (χ0) is 17.8. The first kappa shape index (κ1) is 18.0. The molecule has 3 aromatic rings. The number of aromatic nitrogens is 3. The van der Waals surface area contributed by atoms with E-state index >= 15 is 0 Å². The van der Waals surface area contributed by atoms with Gasteiger partial charge in [-0.2, -0.15) is 0 Å². The highest BCUT2D eigenvalue weighted by molar-refractivity contribution is 7.99. The summed E-state index contributed by atoms with van der Waals surface area (Å²) in [6.07, 6.45) is 0. The molecule has 0 aliphatic rings. The van der Waals surface area contributed by atoms with E-state index in [2.05, 4.69) is 10.2 Å². The van der Waals surface area contributed by atoms with Crippen molar-refractivity contribution in [3.63, 3.8) is 0 Å². The summed E-state index contributed by atoms with van der Waals surface area (Å²) >= 11 is 8.95. The summed E-state index contributed by atoms with van der Waals surface area (Å²) in [4.78, 5) is 14.1. The molecule has 0 fully saturated rings. The minimum atomic E-state index is 0.0972. The molecule has 0 amide bonds. The number of nitrogens with zero attached hydrogens (tertiary/aromatic N) is 3. The Morgan fingerprint density at radius 3 is 2.80 bits per heavy atom. The lowest BCUT2D eigenvalue weighted by atomic mass is 10.3. The van der Waals surface area contributed by atoms with Gasteiger partial charge in [-0.1, -0.05) is 35.5 Å². The number of hydrogen-bond donors (Lipinski definition) is 0. The Morgan fingerprint density at radius 1 is 1.28 bits per heavy atom. The Balaban J connectivity index is 1.59. The van der Waals surface area contributed by atoms with Crippen molar-refractivity contribution >= 4 is 40.5 Å². The molecule has 0 saturated heterocycles. The van der Waals surface area contributed by atoms with E-state index in [9.17, 15) is 4.79 Å². The van der Waals surface area contributed by atoms with Crippen LogP contribution in [0.4, 0.5) is 0 Å². The fourth-order valence-electron chi connectivity index (χ4n) is 2.09. The molecule has 0 atom stereocenters. The van der Waals surface area contributed by atoms with E-state index in [1.54, 1.807) is 12.1 Å². The van der Waals surface area contributed by atoms with Crippen LogP contribution in [0.3, 0.4) is 0 Å². The first-order valence-electron chi connectivity index (χ1n) is 7.52. The smallest absolute Gasteiger partial charge is 0.191 e. The van der Waals surface area contributed by atoms with Gasteiger partial charge in [-0.3, -0.25) is 4.79 Å². The van der Waals surface area contributed by atoms with E-state index < -0.39 is 0 Å². The largest absolute Gasteiger partial charge is 0.484 e. The van der Waals surface area contributed by atoms with E-state index in [0.29, 0.717) is 27.5 Å². The molecule has 1 aromatic carbocycles. The van der Waals surface area contributed by atoms with Crippen LogP contribution in [0.25, 0.3) is 0 Å². The van der Waals surface area contributed by atoms with Crippen molar-refractivity contribution in [3.8, 4) is 5.75 Å². The molecule has 130 valence electrons. The predicted molar refractivity (Wildman–Crippen MR) is 101 cm³/mol. The van der Waals surface area contributed by atoms with Gasteiger partial charge in [0, 0.05) is 11.9 Å². The lowest BCUT2D eigenvalue weighted by molar-refractivity contribution is 0.102. The van der Waals surface area contributed by atoms with Gasteiger partial charge in [0.25, 0.3) is 0 Å². The van der Waals surface area contributed by atoms with Gasteiger partial charge in [0.05, 0.1) is 15.7 Å². The number of halogens is 1. The Hall–Kier alpha value is -1.83. The summed E-state index contributed by atoms with van der Waals surface area (Å²) in [6.45, 7) is 2.24. The van der Waals surface area contributed by atoms with Gasteiger partial charge >= 0.3 is 0 Å². The predicted octanol–water partition coefficient (Wildman–Crippen LogP) is 4.39. The summed E-state index contributed by atoms with van der Waals surface area (Å²) in [7, 11) is 1.85. The first-order chi connectivity index (χ1) is 12.0. The second-order valence-electron chi connectivity index (χ2n) is 5.30. The molecule has 25 heavy (non-hydrogen) atoms. The van der Waals surface area contributed by atoms with Gasteiger partial charge in [0.1, 0.15) is 12.4 Å². The molecule has 2 heterocycles. The second-order valence-corrected chi connectivity index (χ2v) is 7.94. The molecule has 0 saturated carbocycles. The maximum absolute atomic E-state index is 12.2. The summed E-state index contributed by atoms with van der Waals surface area (Å²) in [6, 6.07) is 11.1. The molecule has 0 aliphatic carbocycles. The Labute approximate surface area is 159 Å². The van der Waals surface area contributed by atoms with Gasteiger partial charge in [-0.15, -0.1) is 21.5 Å². The van der Waals surface area contributed by atoms with Crippen LogP contribution in [-0.2, 0) is 13.7 Å². The molecular weight excluding hydrogens is 378 g/mol. The zero-order valence-corrected chi connectivity index (χ0v) is 16.1. The van der Waals surface area contributed by atoms with Crippen molar-refractivity contribution in [3.05, 3.63) is 57.0 Å². The lowest BCUT2D eigenvalue weighted by Crippen LogP contribution is -2.05. The third kappa shape index (κ3) is 4.42. The molecular formula is C17H16ClN3O2S2. The lowest BCUT2D eigenvalue weighted by Gasteiger charge is -2.07. The van der Waals surface area contributed by atoms with E-state index in [1.165, 1.54) is 23.1 Å². The average Bonchev–Trinajstić information content (AvgIpc) is 3.18. The van der Waals surface area contributed by atoms with Crippen molar-refractivity contribution in [2.75, 3.05) is 5.75 Å². The number of carbonyl (C=O) groups is 1. The fraction of sp³-hybridized carbons (Fsp3) is 0.235. The fourth-order valence-corrected chi connectivity index (χ4v) is 3.99. The van der Waals surface area contributed by atoms with Crippen LogP contribution < -0.4 is 4.74 Å². The molecule has 0 N–H and O–H groups in total. The number of carbonyl (C=O) groups excluding carboxylic acids is 1. The molecule has 2 aromatic heterocycles. The van der Waals surface area contributed by atoms with Crippen LogP contribution in [0, 0.1) is 6.92 Å². The van der Waals surface area contributed by atoms with E-state index in [4.69, 9.17) is 16.3 Å². The quantitative estimate of drug-likeness (QED) is 0.440. The molecule has 0 bridgehead atoms. The monoisotopic (exact) mass is 393 g/mol. The first-order valence-corrected chi connectivity index (χ1v) is 9.70. The Bertz CT molecular complexity index is 892. The highest BCUT2D eigenvalue weighted by Gasteiger charge is 2.14. The second kappa shape index (κ2) is 8.03. The van der Waals surface area contributed by atoms with Crippen molar-refractivity contribution in [1.82, 2.24) is 14.8 Å². The van der Waals surface area contributed by atoms with Crippen molar-refractivity contribution in [2.24, 2.45) is 7.05 Å². The van der Waals surface area contributed by atoms with Gasteiger partial charge in [0.2, 0.25) is 0 Å². The van der Waals surface area contributed by atoms with Gasteiger partial charge in [-0.05, 0) is 31.2 Å². The Morgan fingerprint density at radius 2 is 2.08 bits per heavy atom. The molecule has 0 spiro atoms. The van der Waals surface area contributed by atoms with Crippen LogP contribution in [0.15, 0.2) is 41.6 Å².